The van der Waals surface area contributed by atoms with Crippen LogP contribution in [0.1, 0.15) is 13.8 Å². The first kappa shape index (κ1) is 7.73. The molecule has 3 heterocycles. The van der Waals surface area contributed by atoms with Crippen LogP contribution in [0.2, 0.25) is 0 Å². The van der Waals surface area contributed by atoms with Gasteiger partial charge in [0.25, 0.3) is 0 Å². The molecule has 64 valence electrons. The maximum Gasteiger partial charge on any atom is 0.180 e. The third-order valence-corrected chi connectivity index (χ3v) is 9.47. The van der Waals surface area contributed by atoms with E-state index in [0.29, 0.717) is 0 Å². The molecule has 3 aliphatic rings. The van der Waals surface area contributed by atoms with Gasteiger partial charge in [0, 0.05) is 0 Å². The van der Waals surface area contributed by atoms with Crippen molar-refractivity contribution in [3.63, 3.8) is 0 Å². The standard InChI is InChI=1S/C6H10O3S2/c1-3-4(2)6-10(7)5(3)11(6,8)9/h3-6H,1-2H3/t3-,4+,5-,6+,10?. The molecule has 0 aromatic heterocycles. The van der Waals surface area contributed by atoms with Gasteiger partial charge in [-0.25, -0.2) is 8.42 Å². The second-order valence-corrected chi connectivity index (χ2v) is 7.84. The van der Waals surface area contributed by atoms with Gasteiger partial charge in [-0.05, 0) is 11.8 Å². The summed E-state index contributed by atoms with van der Waals surface area (Å²) >= 11 is 0. The molecule has 0 saturated carbocycles. The van der Waals surface area contributed by atoms with E-state index in [2.05, 4.69) is 0 Å². The fourth-order valence-corrected chi connectivity index (χ4v) is 8.28. The lowest BCUT2D eigenvalue weighted by Crippen LogP contribution is -2.45. The van der Waals surface area contributed by atoms with E-state index < -0.39 is 29.8 Å². The van der Waals surface area contributed by atoms with Crippen LogP contribution >= 0.6 is 0 Å². The first-order chi connectivity index (χ1) is 4.98. The lowest BCUT2D eigenvalue weighted by Gasteiger charge is -2.24. The number of rotatable bonds is 0. The van der Waals surface area contributed by atoms with Crippen molar-refractivity contribution in [1.29, 1.82) is 0 Å². The molecular formula is C6H10O3S2. The van der Waals surface area contributed by atoms with Gasteiger partial charge in [0.05, 0.1) is 10.8 Å². The van der Waals surface area contributed by atoms with Gasteiger partial charge >= 0.3 is 0 Å². The first-order valence-electron chi connectivity index (χ1n) is 3.60. The number of hydrogen-bond acceptors (Lipinski definition) is 3. The summed E-state index contributed by atoms with van der Waals surface area (Å²) < 4.78 is 32.6. The van der Waals surface area contributed by atoms with Crippen molar-refractivity contribution in [3.8, 4) is 0 Å². The van der Waals surface area contributed by atoms with Gasteiger partial charge in [-0.1, -0.05) is 13.8 Å². The van der Waals surface area contributed by atoms with Gasteiger partial charge < -0.3 is 0 Å². The second kappa shape index (κ2) is 1.88. The van der Waals surface area contributed by atoms with Crippen LogP contribution in [-0.4, -0.2) is 21.8 Å². The molecule has 0 aromatic rings. The zero-order valence-corrected chi connectivity index (χ0v) is 7.98. The molecular weight excluding hydrogens is 184 g/mol. The highest BCUT2D eigenvalue weighted by Gasteiger charge is 2.67. The maximum atomic E-state index is 11.2. The molecule has 0 aliphatic carbocycles. The van der Waals surface area contributed by atoms with Crippen LogP contribution in [0.25, 0.3) is 0 Å². The van der Waals surface area contributed by atoms with Crippen molar-refractivity contribution in [2.75, 3.05) is 0 Å². The fraction of sp³-hybridized carbons (Fsp3) is 1.00. The van der Waals surface area contributed by atoms with Crippen LogP contribution in [0.5, 0.6) is 0 Å². The van der Waals surface area contributed by atoms with E-state index in [0.717, 1.165) is 0 Å². The molecule has 0 N–H and O–H groups in total. The molecule has 0 radical (unpaired) electrons. The Bertz CT molecular complexity index is 295. The van der Waals surface area contributed by atoms with Crippen molar-refractivity contribution in [2.45, 2.75) is 23.0 Å². The molecule has 3 nitrogen and oxygen atoms in total. The van der Waals surface area contributed by atoms with Crippen molar-refractivity contribution in [2.24, 2.45) is 11.8 Å². The van der Waals surface area contributed by atoms with Crippen molar-refractivity contribution >= 4 is 20.6 Å². The Kier molecular flexibility index (Phi) is 1.32. The van der Waals surface area contributed by atoms with Gasteiger partial charge in [0.1, 0.15) is 9.16 Å². The average molecular weight is 194 g/mol. The summed E-state index contributed by atoms with van der Waals surface area (Å²) in [5.74, 6) is 0.177. The van der Waals surface area contributed by atoms with Crippen LogP contribution in [0.15, 0.2) is 0 Å². The Morgan fingerprint density at radius 1 is 1.09 bits per heavy atom. The quantitative estimate of drug-likeness (QED) is 0.549. The highest BCUT2D eigenvalue weighted by Crippen LogP contribution is 2.51. The third kappa shape index (κ3) is 0.643. The Labute approximate surface area is 68.6 Å². The molecule has 3 saturated heterocycles. The normalized spacial score (nSPS) is 58.9. The summed E-state index contributed by atoms with van der Waals surface area (Å²) in [6, 6.07) is 0. The highest BCUT2D eigenvalue weighted by molar-refractivity contribution is 8.23. The molecule has 2 bridgehead atoms. The van der Waals surface area contributed by atoms with Gasteiger partial charge in [-0.15, -0.1) is 0 Å². The van der Waals surface area contributed by atoms with Crippen LogP contribution < -0.4 is 0 Å². The monoisotopic (exact) mass is 194 g/mol. The van der Waals surface area contributed by atoms with E-state index >= 15 is 0 Å². The highest BCUT2D eigenvalue weighted by atomic mass is 32.3. The molecule has 3 aliphatic heterocycles. The van der Waals surface area contributed by atoms with Crippen LogP contribution in [0.4, 0.5) is 0 Å². The Hall–Kier alpha value is 0.1000. The summed E-state index contributed by atoms with van der Waals surface area (Å²) in [5.41, 5.74) is 0. The zero-order chi connectivity index (χ0) is 8.39. The third-order valence-electron chi connectivity index (χ3n) is 2.79. The summed E-state index contributed by atoms with van der Waals surface area (Å²) in [7, 11) is -4.06. The first-order valence-corrected chi connectivity index (χ1v) is 6.48. The molecule has 5 heteroatoms. The lowest BCUT2D eigenvalue weighted by atomic mass is 10.0. The molecule has 3 fully saturated rings. The Morgan fingerprint density at radius 2 is 1.45 bits per heavy atom. The number of sulfone groups is 1. The fourth-order valence-electron chi connectivity index (χ4n) is 1.99. The summed E-state index contributed by atoms with van der Waals surface area (Å²) in [6.45, 7) is 3.75. The molecule has 3 rings (SSSR count). The molecule has 1 unspecified atom stereocenters. The topological polar surface area (TPSA) is 51.2 Å². The number of hydrogen-bond donors (Lipinski definition) is 0. The van der Waals surface area contributed by atoms with E-state index in [-0.39, 0.29) is 11.8 Å². The minimum atomic E-state index is -2.98. The van der Waals surface area contributed by atoms with Crippen molar-refractivity contribution in [1.82, 2.24) is 0 Å². The van der Waals surface area contributed by atoms with Gasteiger partial charge in [-0.2, -0.15) is 0 Å². The predicted molar refractivity (Wildman–Crippen MR) is 43.0 cm³/mol. The van der Waals surface area contributed by atoms with E-state index in [9.17, 15) is 12.6 Å². The smallest absolute Gasteiger partial charge is 0.180 e. The average Bonchev–Trinajstić information content (AvgIpc) is 2.15. The molecule has 0 amide bonds. The van der Waals surface area contributed by atoms with E-state index in [4.69, 9.17) is 0 Å². The van der Waals surface area contributed by atoms with E-state index in [1.807, 2.05) is 13.8 Å². The van der Waals surface area contributed by atoms with Crippen LogP contribution in [0.3, 0.4) is 0 Å². The largest absolute Gasteiger partial charge is 0.257 e. The molecule has 5 atom stereocenters. The van der Waals surface area contributed by atoms with Gasteiger partial charge in [0.2, 0.25) is 0 Å². The molecule has 11 heavy (non-hydrogen) atoms. The van der Waals surface area contributed by atoms with E-state index in [1.54, 1.807) is 0 Å². The maximum absolute atomic E-state index is 11.2. The van der Waals surface area contributed by atoms with Crippen molar-refractivity contribution in [3.05, 3.63) is 0 Å². The summed E-state index contributed by atoms with van der Waals surface area (Å²) in [5, 5.41) is 0. The second-order valence-electron chi connectivity index (χ2n) is 3.37. The predicted octanol–water partition coefficient (Wildman–Crippen LogP) is 0.102. The van der Waals surface area contributed by atoms with Crippen LogP contribution in [0, 0.1) is 11.8 Å². The van der Waals surface area contributed by atoms with Crippen LogP contribution in [-0.2, 0) is 20.6 Å². The minimum Gasteiger partial charge on any atom is -0.257 e. The Morgan fingerprint density at radius 3 is 1.55 bits per heavy atom. The van der Waals surface area contributed by atoms with Crippen molar-refractivity contribution < 1.29 is 12.6 Å². The molecule has 0 aromatic carbocycles. The zero-order valence-electron chi connectivity index (χ0n) is 6.35. The number of fused-ring (bicyclic) bond motifs is 1. The van der Waals surface area contributed by atoms with E-state index in [1.165, 1.54) is 0 Å². The molecule has 0 spiro atoms. The minimum absolute atomic E-state index is 0.0887. The summed E-state index contributed by atoms with van der Waals surface area (Å²) in [4.78, 5) is 0. The SMILES string of the molecule is C[C@@H]1[C@H](C)[C@H]2S(=O)[C@@H]1S2(=O)=O. The lowest BCUT2D eigenvalue weighted by molar-refractivity contribution is 0.491. The summed E-state index contributed by atoms with van der Waals surface area (Å²) in [6.07, 6.45) is 0. The van der Waals surface area contributed by atoms with Gasteiger partial charge in [-0.3, -0.25) is 4.21 Å². The Balaban J connectivity index is 2.54. The van der Waals surface area contributed by atoms with Gasteiger partial charge in [0.15, 0.2) is 9.84 Å².